The van der Waals surface area contributed by atoms with E-state index in [0.717, 1.165) is 69.3 Å². The van der Waals surface area contributed by atoms with Crippen LogP contribution < -0.4 is 14.4 Å². The van der Waals surface area contributed by atoms with Crippen LogP contribution in [0.25, 0.3) is 0 Å². The van der Waals surface area contributed by atoms with Gasteiger partial charge in [-0.05, 0) is 99.5 Å². The van der Waals surface area contributed by atoms with Crippen molar-refractivity contribution in [3.63, 3.8) is 0 Å². The van der Waals surface area contributed by atoms with Gasteiger partial charge < -0.3 is 24.1 Å². The van der Waals surface area contributed by atoms with E-state index in [1.54, 1.807) is 12.1 Å². The van der Waals surface area contributed by atoms with Gasteiger partial charge in [0.2, 0.25) is 0 Å². The second-order valence-corrected chi connectivity index (χ2v) is 16.8. The molecule has 1 amide bonds. The third-order valence-corrected chi connectivity index (χ3v) is 12.5. The summed E-state index contributed by atoms with van der Waals surface area (Å²) in [5, 5.41) is -0.0938. The van der Waals surface area contributed by atoms with E-state index in [9.17, 15) is 13.8 Å². The van der Waals surface area contributed by atoms with E-state index in [0.29, 0.717) is 56.1 Å². The zero-order valence-corrected chi connectivity index (χ0v) is 32.9. The molecule has 2 aromatic carbocycles. The minimum atomic E-state index is -1.55. The van der Waals surface area contributed by atoms with Crippen molar-refractivity contribution in [2.75, 3.05) is 71.5 Å². The standard InChI is InChI=1S/C40H56ClFN4O5S/c1-6-8-34-33(10-11-35(41)38(34)42)32-25-46-14-13-29(7-2)39(50-20-18-45(5)16-15-44(4)17-19-47)31-22-28(23-31)21-27(3)52(49)43-40(48)30-9-12-37(51-26-32)36(46)24-30/h9-12,19,22,24,27-29,32,39H,6-8,13-18,20-21,23,25-26H2,1-5H3,(H,43,48)/t27?,28-,29?,32?,39?,52?/m0/s1. The molecule has 6 rings (SSSR count). The lowest BCUT2D eigenvalue weighted by Crippen LogP contribution is -2.39. The minimum absolute atomic E-state index is 0.0489. The van der Waals surface area contributed by atoms with Crippen LogP contribution in [0.3, 0.4) is 0 Å². The first-order chi connectivity index (χ1) is 25.0. The lowest BCUT2D eigenvalue weighted by molar-refractivity contribution is -0.108. The summed E-state index contributed by atoms with van der Waals surface area (Å²) in [6, 6.07) is 8.95. The van der Waals surface area contributed by atoms with Crippen LogP contribution in [0.15, 0.2) is 42.0 Å². The van der Waals surface area contributed by atoms with Gasteiger partial charge in [-0.1, -0.05) is 50.4 Å². The van der Waals surface area contributed by atoms with E-state index in [4.69, 9.17) is 21.1 Å². The summed E-state index contributed by atoms with van der Waals surface area (Å²) < 4.78 is 44.7. The van der Waals surface area contributed by atoms with Crippen LogP contribution in [-0.2, 0) is 26.9 Å². The highest BCUT2D eigenvalue weighted by atomic mass is 35.5. The number of hydrogen-bond donors (Lipinski definition) is 1. The normalized spacial score (nSPS) is 25.2. The number of likely N-dealkylation sites (N-methyl/N-ethyl adjacent to an activating group) is 2. The van der Waals surface area contributed by atoms with E-state index >= 15 is 4.39 Å². The molecule has 1 N–H and O–H groups in total. The minimum Gasteiger partial charge on any atom is -0.491 e. The average molecular weight is 759 g/mol. The molecule has 52 heavy (non-hydrogen) atoms. The number of amides is 1. The van der Waals surface area contributed by atoms with Crippen molar-refractivity contribution in [1.29, 1.82) is 0 Å². The van der Waals surface area contributed by atoms with Crippen molar-refractivity contribution in [3.8, 4) is 5.75 Å². The molecular formula is C40H56ClFN4O5S. The number of hydrogen-bond acceptors (Lipinski definition) is 8. The van der Waals surface area contributed by atoms with Gasteiger partial charge in [0.15, 0.2) is 0 Å². The molecule has 4 bridgehead atoms. The van der Waals surface area contributed by atoms with Gasteiger partial charge in [0.1, 0.15) is 28.8 Å². The van der Waals surface area contributed by atoms with Crippen LogP contribution in [0.5, 0.6) is 5.75 Å². The van der Waals surface area contributed by atoms with Crippen LogP contribution in [-0.4, -0.2) is 104 Å². The van der Waals surface area contributed by atoms with Gasteiger partial charge in [-0.25, -0.2) is 8.60 Å². The molecule has 0 fully saturated rings. The number of benzene rings is 2. The van der Waals surface area contributed by atoms with E-state index < -0.39 is 11.0 Å². The number of allylic oxidation sites excluding steroid dienone is 1. The van der Waals surface area contributed by atoms with Gasteiger partial charge >= 0.3 is 0 Å². The third kappa shape index (κ3) is 10.0. The average Bonchev–Trinajstić information content (AvgIpc) is 3.29. The second-order valence-electron chi connectivity index (χ2n) is 14.8. The highest BCUT2D eigenvalue weighted by Gasteiger charge is 2.35. The first-order valence-electron chi connectivity index (χ1n) is 18.9. The summed E-state index contributed by atoms with van der Waals surface area (Å²) >= 11 is 6.26. The highest BCUT2D eigenvalue weighted by Crippen LogP contribution is 2.41. The van der Waals surface area contributed by atoms with Crippen molar-refractivity contribution >= 4 is 40.5 Å². The predicted octanol–water partition coefficient (Wildman–Crippen LogP) is 6.41. The van der Waals surface area contributed by atoms with E-state index in [1.807, 2.05) is 44.0 Å². The number of carbonyl (C=O) groups is 2. The summed E-state index contributed by atoms with van der Waals surface area (Å²) in [4.78, 5) is 30.8. The van der Waals surface area contributed by atoms with Gasteiger partial charge in [0, 0.05) is 44.2 Å². The van der Waals surface area contributed by atoms with Gasteiger partial charge in [-0.15, -0.1) is 0 Å². The summed E-state index contributed by atoms with van der Waals surface area (Å²) in [6.45, 7) is 11.2. The lowest BCUT2D eigenvalue weighted by atomic mass is 9.76. The Balaban J connectivity index is 1.44. The first kappa shape index (κ1) is 40.4. The highest BCUT2D eigenvalue weighted by molar-refractivity contribution is 7.84. The molecule has 0 aromatic heterocycles. The molecule has 3 aliphatic heterocycles. The molecule has 9 nitrogen and oxygen atoms in total. The number of rotatable bonds is 13. The Hall–Kier alpha value is -2.83. The Morgan fingerprint density at radius 3 is 2.65 bits per heavy atom. The number of nitrogens with zero attached hydrogens (tertiary/aromatic N) is 3. The zero-order chi connectivity index (χ0) is 37.4. The summed E-state index contributed by atoms with van der Waals surface area (Å²) in [5.74, 6) is 0.292. The second kappa shape index (κ2) is 19.0. The van der Waals surface area contributed by atoms with Gasteiger partial charge in [-0.2, -0.15) is 0 Å². The summed E-state index contributed by atoms with van der Waals surface area (Å²) in [6.07, 6.45) is 7.90. The maximum atomic E-state index is 15.4. The maximum absolute atomic E-state index is 15.4. The fraction of sp³-hybridized carbons (Fsp3) is 0.600. The van der Waals surface area contributed by atoms with Gasteiger partial charge in [0.05, 0.1) is 41.8 Å². The lowest BCUT2D eigenvalue weighted by Gasteiger charge is -2.38. The molecule has 2 aromatic rings. The van der Waals surface area contributed by atoms with Crippen molar-refractivity contribution in [3.05, 3.63) is 69.5 Å². The smallest absolute Gasteiger partial charge is 0.263 e. The number of anilines is 1. The SMILES string of the molecule is CCCc1c(C2COc3ccc4cc3N(CCC(CC)C(OCCN(C)CCN(C)CC=O)C3=C[C@@H](C3)CC(C)S(=O)NC4=O)C2)ccc(Cl)c1F. The molecule has 0 spiro atoms. The Morgan fingerprint density at radius 1 is 1.15 bits per heavy atom. The van der Waals surface area contributed by atoms with E-state index in [-0.39, 0.29) is 45.9 Å². The van der Waals surface area contributed by atoms with Gasteiger partial charge in [-0.3, -0.25) is 14.4 Å². The van der Waals surface area contributed by atoms with Crippen molar-refractivity contribution in [2.45, 2.75) is 76.6 Å². The fourth-order valence-corrected chi connectivity index (χ4v) is 8.77. The molecule has 1 aliphatic carbocycles. The molecule has 5 unspecified atom stereocenters. The molecular weight excluding hydrogens is 703 g/mol. The topological polar surface area (TPSA) is 91.4 Å². The first-order valence-corrected chi connectivity index (χ1v) is 20.4. The fourth-order valence-electron chi connectivity index (χ4n) is 7.67. The predicted molar refractivity (Wildman–Crippen MR) is 207 cm³/mol. The van der Waals surface area contributed by atoms with Crippen LogP contribution in [0.2, 0.25) is 5.02 Å². The van der Waals surface area contributed by atoms with E-state index in [1.165, 1.54) is 5.57 Å². The Kier molecular flexibility index (Phi) is 14.7. The van der Waals surface area contributed by atoms with Crippen molar-refractivity contribution < 1.29 is 27.7 Å². The molecule has 0 saturated heterocycles. The monoisotopic (exact) mass is 758 g/mol. The molecule has 4 aliphatic rings. The zero-order valence-electron chi connectivity index (χ0n) is 31.4. The molecule has 12 heteroatoms. The molecule has 3 heterocycles. The van der Waals surface area contributed by atoms with Crippen LogP contribution in [0.1, 0.15) is 80.3 Å². The van der Waals surface area contributed by atoms with Crippen LogP contribution >= 0.6 is 11.6 Å². The van der Waals surface area contributed by atoms with Crippen LogP contribution in [0, 0.1) is 17.7 Å². The number of nitrogens with one attached hydrogen (secondary N) is 1. The number of ether oxygens (including phenoxy) is 2. The molecule has 286 valence electrons. The summed E-state index contributed by atoms with van der Waals surface area (Å²) in [5.41, 5.74) is 4.03. The maximum Gasteiger partial charge on any atom is 0.263 e. The Morgan fingerprint density at radius 2 is 1.92 bits per heavy atom. The van der Waals surface area contributed by atoms with Crippen LogP contribution in [0.4, 0.5) is 10.1 Å². The Bertz CT molecular complexity index is 1610. The largest absolute Gasteiger partial charge is 0.491 e. The number of aldehydes is 1. The van der Waals surface area contributed by atoms with E-state index in [2.05, 4.69) is 34.6 Å². The van der Waals surface area contributed by atoms with Crippen molar-refractivity contribution in [2.24, 2.45) is 11.8 Å². The van der Waals surface area contributed by atoms with Gasteiger partial charge in [0.25, 0.3) is 5.91 Å². The quantitative estimate of drug-likeness (QED) is 0.185. The molecule has 0 radical (unpaired) electrons. The number of halogens is 2. The number of fused-ring (bicyclic) bond motifs is 7. The molecule has 0 saturated carbocycles. The van der Waals surface area contributed by atoms with Crippen molar-refractivity contribution in [1.82, 2.24) is 14.5 Å². The Labute approximate surface area is 316 Å². The third-order valence-electron chi connectivity index (χ3n) is 10.9. The number of carbonyl (C=O) groups excluding carboxylic acids is 2. The summed E-state index contributed by atoms with van der Waals surface area (Å²) in [7, 11) is 2.47. The molecule has 6 atom stereocenters.